The van der Waals surface area contributed by atoms with Gasteiger partial charge in [-0.2, -0.15) is 4.98 Å². The van der Waals surface area contributed by atoms with Gasteiger partial charge in [-0.1, -0.05) is 24.3 Å². The maximum Gasteiger partial charge on any atom is 0.439 e. The fourth-order valence-corrected chi connectivity index (χ4v) is 2.03. The fraction of sp³-hybridized carbons (Fsp3) is 0.0625. The third kappa shape index (κ3) is 2.81. The Kier molecular flexibility index (Phi) is 3.47. The summed E-state index contributed by atoms with van der Waals surface area (Å²) in [6.45, 7) is 1.89. The second-order valence-electron chi connectivity index (χ2n) is 4.54. The van der Waals surface area contributed by atoms with Gasteiger partial charge in [0, 0.05) is 11.6 Å². The third-order valence-electron chi connectivity index (χ3n) is 3.07. The van der Waals surface area contributed by atoms with Crippen LogP contribution in [0.5, 0.6) is 0 Å². The van der Waals surface area contributed by atoms with Crippen LogP contribution < -0.4 is 5.76 Å². The molecule has 0 saturated heterocycles. The minimum atomic E-state index is -0.545. The highest BCUT2D eigenvalue weighted by Gasteiger charge is 1.98. The maximum absolute atomic E-state index is 10.8. The SMILES string of the molecule is Cc1cccc2cnc(=O)oc12.c1ccc2[nH]cnc2c1. The number of benzene rings is 2. The molecular weight excluding hydrogens is 266 g/mol. The Morgan fingerprint density at radius 1 is 1.05 bits per heavy atom. The van der Waals surface area contributed by atoms with E-state index in [2.05, 4.69) is 15.0 Å². The first-order valence-electron chi connectivity index (χ1n) is 6.47. The van der Waals surface area contributed by atoms with Crippen molar-refractivity contribution >= 4 is 22.0 Å². The van der Waals surface area contributed by atoms with Gasteiger partial charge in [0.25, 0.3) is 0 Å². The molecule has 0 amide bonds. The second kappa shape index (κ2) is 5.58. The molecule has 1 N–H and O–H groups in total. The molecule has 0 fully saturated rings. The molecule has 104 valence electrons. The molecule has 4 rings (SSSR count). The van der Waals surface area contributed by atoms with E-state index in [1.54, 1.807) is 6.33 Å². The first kappa shape index (κ1) is 13.1. The largest absolute Gasteiger partial charge is 0.439 e. The number of aromatic amines is 1. The zero-order valence-electron chi connectivity index (χ0n) is 11.4. The molecule has 0 aliphatic heterocycles. The molecule has 0 unspecified atom stereocenters. The molecule has 0 spiro atoms. The van der Waals surface area contributed by atoms with E-state index in [0.717, 1.165) is 22.0 Å². The monoisotopic (exact) mass is 279 g/mol. The van der Waals surface area contributed by atoms with Crippen LogP contribution in [0.2, 0.25) is 0 Å². The molecule has 21 heavy (non-hydrogen) atoms. The number of rotatable bonds is 0. The zero-order valence-corrected chi connectivity index (χ0v) is 11.4. The summed E-state index contributed by atoms with van der Waals surface area (Å²) < 4.78 is 4.93. The lowest BCUT2D eigenvalue weighted by atomic mass is 10.2. The van der Waals surface area contributed by atoms with E-state index >= 15 is 0 Å². The Hall–Kier alpha value is -2.95. The van der Waals surface area contributed by atoms with Gasteiger partial charge in [-0.3, -0.25) is 0 Å². The summed E-state index contributed by atoms with van der Waals surface area (Å²) in [5, 5.41) is 0.856. The van der Waals surface area contributed by atoms with Crippen LogP contribution in [0.25, 0.3) is 22.0 Å². The third-order valence-corrected chi connectivity index (χ3v) is 3.07. The first-order chi connectivity index (χ1) is 10.2. The average Bonchev–Trinajstić information content (AvgIpc) is 2.97. The Balaban J connectivity index is 0.000000131. The summed E-state index contributed by atoms with van der Waals surface area (Å²) in [7, 11) is 0. The number of nitrogens with one attached hydrogen (secondary N) is 1. The first-order valence-corrected chi connectivity index (χ1v) is 6.47. The number of hydrogen-bond donors (Lipinski definition) is 1. The van der Waals surface area contributed by atoms with Gasteiger partial charge in [-0.25, -0.2) is 9.78 Å². The van der Waals surface area contributed by atoms with Crippen molar-refractivity contribution in [2.75, 3.05) is 0 Å². The molecule has 2 aromatic carbocycles. The smallest absolute Gasteiger partial charge is 0.408 e. The quantitative estimate of drug-likeness (QED) is 0.537. The number of imidazole rings is 1. The highest BCUT2D eigenvalue weighted by Crippen LogP contribution is 2.14. The predicted octanol–water partition coefficient (Wildman–Crippen LogP) is 3.06. The van der Waals surface area contributed by atoms with E-state index in [1.165, 1.54) is 6.20 Å². The van der Waals surface area contributed by atoms with Gasteiger partial charge in [0.05, 0.1) is 17.4 Å². The summed E-state index contributed by atoms with van der Waals surface area (Å²) in [6.07, 6.45) is 3.22. The van der Waals surface area contributed by atoms with Gasteiger partial charge in [0.2, 0.25) is 0 Å². The minimum Gasteiger partial charge on any atom is -0.408 e. The van der Waals surface area contributed by atoms with Crippen molar-refractivity contribution in [2.24, 2.45) is 0 Å². The zero-order chi connectivity index (χ0) is 14.7. The van der Waals surface area contributed by atoms with Gasteiger partial charge in [-0.05, 0) is 30.7 Å². The Labute approximate surface area is 120 Å². The van der Waals surface area contributed by atoms with E-state index < -0.39 is 5.76 Å². The topological polar surface area (TPSA) is 71.8 Å². The number of fused-ring (bicyclic) bond motifs is 2. The van der Waals surface area contributed by atoms with Crippen molar-refractivity contribution in [1.82, 2.24) is 15.0 Å². The Morgan fingerprint density at radius 2 is 1.90 bits per heavy atom. The van der Waals surface area contributed by atoms with Crippen LogP contribution in [0, 0.1) is 6.92 Å². The van der Waals surface area contributed by atoms with E-state index in [1.807, 2.05) is 49.4 Å². The van der Waals surface area contributed by atoms with Crippen LogP contribution >= 0.6 is 0 Å². The van der Waals surface area contributed by atoms with Crippen molar-refractivity contribution < 1.29 is 4.42 Å². The van der Waals surface area contributed by atoms with Crippen molar-refractivity contribution in [3.05, 3.63) is 71.1 Å². The number of nitrogens with zero attached hydrogens (tertiary/aromatic N) is 2. The van der Waals surface area contributed by atoms with Crippen LogP contribution in [-0.4, -0.2) is 15.0 Å². The van der Waals surface area contributed by atoms with Crippen molar-refractivity contribution in [3.8, 4) is 0 Å². The van der Waals surface area contributed by atoms with Crippen molar-refractivity contribution in [2.45, 2.75) is 6.92 Å². The number of aryl methyl sites for hydroxylation is 1. The molecule has 2 heterocycles. The lowest BCUT2D eigenvalue weighted by Gasteiger charge is -1.96. The summed E-state index contributed by atoms with van der Waals surface area (Å²) >= 11 is 0. The van der Waals surface area contributed by atoms with E-state index in [0.29, 0.717) is 5.58 Å². The summed E-state index contributed by atoms with van der Waals surface area (Å²) in [6, 6.07) is 13.6. The van der Waals surface area contributed by atoms with E-state index in [9.17, 15) is 4.79 Å². The van der Waals surface area contributed by atoms with Gasteiger partial charge in [0.15, 0.2) is 0 Å². The molecule has 0 saturated carbocycles. The fourth-order valence-electron chi connectivity index (χ4n) is 2.03. The van der Waals surface area contributed by atoms with Crippen LogP contribution in [0.15, 0.2) is 64.2 Å². The van der Waals surface area contributed by atoms with Crippen molar-refractivity contribution in [1.29, 1.82) is 0 Å². The molecule has 0 radical (unpaired) electrons. The normalized spacial score (nSPS) is 10.3. The Morgan fingerprint density at radius 3 is 2.76 bits per heavy atom. The molecule has 0 aliphatic carbocycles. The number of hydrogen-bond acceptors (Lipinski definition) is 4. The summed E-state index contributed by atoms with van der Waals surface area (Å²) in [5.41, 5.74) is 3.69. The summed E-state index contributed by atoms with van der Waals surface area (Å²) in [4.78, 5) is 21.4. The highest BCUT2D eigenvalue weighted by atomic mass is 16.4. The standard InChI is InChI=1S/C9H7NO2.C7H6N2/c1-6-3-2-4-7-5-10-9(11)12-8(6)7;1-2-4-7-6(3-1)8-5-9-7/h2-5H,1H3;1-5H,(H,8,9). The molecule has 0 bridgehead atoms. The molecule has 2 aromatic heterocycles. The Bertz CT molecular complexity index is 910. The van der Waals surface area contributed by atoms with Crippen molar-refractivity contribution in [3.63, 3.8) is 0 Å². The second-order valence-corrected chi connectivity index (χ2v) is 4.54. The highest BCUT2D eigenvalue weighted by molar-refractivity contribution is 5.78. The van der Waals surface area contributed by atoms with Crippen LogP contribution in [0.3, 0.4) is 0 Å². The van der Waals surface area contributed by atoms with Crippen LogP contribution in [0.1, 0.15) is 5.56 Å². The molecule has 4 aromatic rings. The van der Waals surface area contributed by atoms with E-state index in [4.69, 9.17) is 4.42 Å². The van der Waals surface area contributed by atoms with Gasteiger partial charge in [0.1, 0.15) is 5.58 Å². The summed E-state index contributed by atoms with van der Waals surface area (Å²) in [5.74, 6) is -0.545. The molecule has 5 nitrogen and oxygen atoms in total. The molecule has 0 atom stereocenters. The number of para-hydroxylation sites is 3. The average molecular weight is 279 g/mol. The predicted molar refractivity (Wildman–Crippen MR) is 81.1 cm³/mol. The van der Waals surface area contributed by atoms with Gasteiger partial charge < -0.3 is 9.40 Å². The molecule has 0 aliphatic rings. The molecule has 5 heteroatoms. The van der Waals surface area contributed by atoms with Gasteiger partial charge in [-0.15, -0.1) is 0 Å². The lowest BCUT2D eigenvalue weighted by molar-refractivity contribution is 0.529. The number of aromatic nitrogens is 3. The van der Waals surface area contributed by atoms with E-state index in [-0.39, 0.29) is 0 Å². The van der Waals surface area contributed by atoms with Crippen LogP contribution in [-0.2, 0) is 0 Å². The minimum absolute atomic E-state index is 0.545. The maximum atomic E-state index is 10.8. The van der Waals surface area contributed by atoms with Crippen LogP contribution in [0.4, 0.5) is 0 Å². The van der Waals surface area contributed by atoms with Gasteiger partial charge >= 0.3 is 5.76 Å². The lowest BCUT2D eigenvalue weighted by Crippen LogP contribution is -2.01. The number of H-pyrrole nitrogens is 1. The molecular formula is C16H13N3O2.